The van der Waals surface area contributed by atoms with Gasteiger partial charge in [-0.15, -0.1) is 0 Å². The van der Waals surface area contributed by atoms with Gasteiger partial charge >= 0.3 is 5.69 Å². The molecule has 0 saturated heterocycles. The Kier molecular flexibility index (Phi) is 4.35. The molecule has 0 atom stereocenters. The number of anilines is 2. The van der Waals surface area contributed by atoms with Gasteiger partial charge in [0.25, 0.3) is 11.1 Å². The van der Waals surface area contributed by atoms with Crippen molar-refractivity contribution in [2.75, 3.05) is 5.32 Å². The minimum Gasteiger partial charge on any atom is -0.355 e. The molecule has 9 nitrogen and oxygen atoms in total. The van der Waals surface area contributed by atoms with Crippen LogP contribution < -0.4 is 22.1 Å². The maximum atomic E-state index is 13.7. The van der Waals surface area contributed by atoms with Gasteiger partial charge in [-0.3, -0.25) is 18.7 Å². The number of nitrogens with one attached hydrogen (secondary N) is 1. The van der Waals surface area contributed by atoms with Crippen LogP contribution in [0.25, 0.3) is 27.8 Å². The number of fused-ring (bicyclic) bond motifs is 2. The van der Waals surface area contributed by atoms with Crippen molar-refractivity contribution in [3.63, 3.8) is 0 Å². The van der Waals surface area contributed by atoms with E-state index < -0.39 is 11.2 Å². The van der Waals surface area contributed by atoms with Gasteiger partial charge in [-0.25, -0.2) is 14.3 Å². The number of aryl methyl sites for hydroxylation is 2. The molecule has 170 valence electrons. The van der Waals surface area contributed by atoms with Crippen molar-refractivity contribution in [3.05, 3.63) is 92.1 Å². The van der Waals surface area contributed by atoms with E-state index >= 15 is 0 Å². The molecule has 3 heterocycles. The predicted octanol–water partition coefficient (Wildman–Crippen LogP) is 2.82. The second-order valence-corrected chi connectivity index (χ2v) is 8.70. The third kappa shape index (κ3) is 3.01. The second-order valence-electron chi connectivity index (χ2n) is 8.70. The predicted molar refractivity (Wildman–Crippen MR) is 131 cm³/mol. The van der Waals surface area contributed by atoms with Crippen LogP contribution in [0.1, 0.15) is 18.9 Å². The summed E-state index contributed by atoms with van der Waals surface area (Å²) in [7, 11) is 3.49. The Hall–Kier alpha value is -4.40. The maximum Gasteiger partial charge on any atom is 0.337 e. The monoisotopic (exact) mass is 454 g/mol. The van der Waals surface area contributed by atoms with Gasteiger partial charge in [0, 0.05) is 31.9 Å². The highest BCUT2D eigenvalue weighted by molar-refractivity contribution is 5.92. The standard InChI is InChI=1S/C25H22N6O3/c1-28-14-26-18-12-15(8-11-20(18)28)27-19-13-21(32)29(2)23-22(19)24(33)31(17-9-10-17)25(34)30(23)16-6-4-3-5-7-16/h3-8,11-14,17,27H,9-10H2,1-2H3. The van der Waals surface area contributed by atoms with Gasteiger partial charge in [0.05, 0.1) is 28.7 Å². The Balaban J connectivity index is 1.68. The maximum absolute atomic E-state index is 13.7. The molecule has 6 rings (SSSR count). The summed E-state index contributed by atoms with van der Waals surface area (Å²) >= 11 is 0. The fourth-order valence-electron chi connectivity index (χ4n) is 4.50. The molecule has 5 aromatic rings. The molecule has 0 spiro atoms. The Morgan fingerprint density at radius 2 is 1.74 bits per heavy atom. The van der Waals surface area contributed by atoms with E-state index in [4.69, 9.17) is 0 Å². The van der Waals surface area contributed by atoms with Gasteiger partial charge in [0.1, 0.15) is 11.0 Å². The zero-order chi connectivity index (χ0) is 23.6. The van der Waals surface area contributed by atoms with Crippen molar-refractivity contribution in [3.8, 4) is 5.69 Å². The molecular formula is C25H22N6O3. The molecule has 34 heavy (non-hydrogen) atoms. The summed E-state index contributed by atoms with van der Waals surface area (Å²) in [6, 6.07) is 16.0. The Morgan fingerprint density at radius 1 is 0.971 bits per heavy atom. The number of hydrogen-bond acceptors (Lipinski definition) is 5. The van der Waals surface area contributed by atoms with Gasteiger partial charge in [-0.2, -0.15) is 0 Å². The van der Waals surface area contributed by atoms with Crippen molar-refractivity contribution >= 4 is 33.4 Å². The van der Waals surface area contributed by atoms with E-state index in [0.717, 1.165) is 23.9 Å². The SMILES string of the molecule is Cn1cnc2cc(Nc3cc(=O)n(C)c4c3c(=O)n(C3CC3)c(=O)n4-c3ccccc3)ccc21. The molecule has 1 fully saturated rings. The quantitative estimate of drug-likeness (QED) is 0.451. The average molecular weight is 454 g/mol. The van der Waals surface area contributed by atoms with E-state index in [-0.39, 0.29) is 17.2 Å². The zero-order valence-corrected chi connectivity index (χ0v) is 18.7. The molecule has 2 aromatic carbocycles. The lowest BCUT2D eigenvalue weighted by molar-refractivity contribution is 0.637. The largest absolute Gasteiger partial charge is 0.355 e. The lowest BCUT2D eigenvalue weighted by atomic mass is 10.2. The molecule has 1 saturated carbocycles. The number of imidazole rings is 1. The fraction of sp³-hybridized carbons (Fsp3) is 0.200. The van der Waals surface area contributed by atoms with Crippen molar-refractivity contribution in [1.29, 1.82) is 0 Å². The van der Waals surface area contributed by atoms with Crippen LogP contribution in [0.15, 0.2) is 75.3 Å². The van der Waals surface area contributed by atoms with E-state index in [0.29, 0.717) is 22.4 Å². The van der Waals surface area contributed by atoms with E-state index in [1.807, 2.05) is 48.0 Å². The molecule has 1 N–H and O–H groups in total. The lowest BCUT2D eigenvalue weighted by Gasteiger charge is -2.18. The smallest absolute Gasteiger partial charge is 0.337 e. The van der Waals surface area contributed by atoms with Gasteiger partial charge in [-0.05, 0) is 43.2 Å². The summed E-state index contributed by atoms with van der Waals surface area (Å²) in [5.74, 6) is 0. The second kappa shape index (κ2) is 7.31. The summed E-state index contributed by atoms with van der Waals surface area (Å²) in [5, 5.41) is 3.54. The first kappa shape index (κ1) is 20.2. The number of para-hydroxylation sites is 1. The van der Waals surface area contributed by atoms with Crippen LogP contribution in [0.4, 0.5) is 11.4 Å². The number of benzene rings is 2. The van der Waals surface area contributed by atoms with Gasteiger partial charge in [0.15, 0.2) is 0 Å². The van der Waals surface area contributed by atoms with E-state index in [1.165, 1.54) is 19.8 Å². The fourth-order valence-corrected chi connectivity index (χ4v) is 4.50. The van der Waals surface area contributed by atoms with E-state index in [2.05, 4.69) is 10.3 Å². The van der Waals surface area contributed by atoms with Crippen molar-refractivity contribution in [2.45, 2.75) is 18.9 Å². The molecule has 0 radical (unpaired) electrons. The van der Waals surface area contributed by atoms with Crippen LogP contribution >= 0.6 is 0 Å². The number of pyridine rings is 1. The van der Waals surface area contributed by atoms with Crippen molar-refractivity contribution in [2.24, 2.45) is 14.1 Å². The first-order chi connectivity index (χ1) is 16.4. The zero-order valence-electron chi connectivity index (χ0n) is 18.7. The van der Waals surface area contributed by atoms with E-state index in [1.54, 1.807) is 25.5 Å². The molecule has 0 bridgehead atoms. The molecule has 1 aliphatic rings. The first-order valence-electron chi connectivity index (χ1n) is 11.1. The van der Waals surface area contributed by atoms with Crippen molar-refractivity contribution in [1.82, 2.24) is 23.3 Å². The van der Waals surface area contributed by atoms with Gasteiger partial charge in [-0.1, -0.05) is 18.2 Å². The number of hydrogen-bond donors (Lipinski definition) is 1. The van der Waals surface area contributed by atoms with Crippen LogP contribution in [0.2, 0.25) is 0 Å². The Morgan fingerprint density at radius 3 is 2.47 bits per heavy atom. The number of rotatable bonds is 4. The summed E-state index contributed by atoms with van der Waals surface area (Å²) in [4.78, 5) is 44.6. The van der Waals surface area contributed by atoms with Gasteiger partial charge < -0.3 is 9.88 Å². The van der Waals surface area contributed by atoms with Gasteiger partial charge in [0.2, 0.25) is 0 Å². The van der Waals surface area contributed by atoms with Crippen LogP contribution in [0.5, 0.6) is 0 Å². The van der Waals surface area contributed by atoms with E-state index in [9.17, 15) is 14.4 Å². The van der Waals surface area contributed by atoms with Crippen molar-refractivity contribution < 1.29 is 0 Å². The Bertz CT molecular complexity index is 1770. The summed E-state index contributed by atoms with van der Waals surface area (Å²) in [6.45, 7) is 0. The molecule has 0 aliphatic heterocycles. The highest BCUT2D eigenvalue weighted by atomic mass is 16.2. The van der Waals surface area contributed by atoms with Crippen LogP contribution in [0.3, 0.4) is 0 Å². The molecular weight excluding hydrogens is 432 g/mol. The Labute approximate surface area is 193 Å². The normalized spacial score (nSPS) is 13.6. The number of aromatic nitrogens is 5. The summed E-state index contributed by atoms with van der Waals surface area (Å²) < 4.78 is 6.06. The van der Waals surface area contributed by atoms with Crippen LogP contribution in [0, 0.1) is 0 Å². The van der Waals surface area contributed by atoms with Crippen LogP contribution in [-0.4, -0.2) is 23.3 Å². The third-order valence-corrected chi connectivity index (χ3v) is 6.38. The summed E-state index contributed by atoms with van der Waals surface area (Å²) in [6.07, 6.45) is 3.29. The van der Waals surface area contributed by atoms with Crippen LogP contribution in [-0.2, 0) is 14.1 Å². The molecule has 3 aromatic heterocycles. The minimum absolute atomic E-state index is 0.130. The first-order valence-corrected chi connectivity index (χ1v) is 11.1. The molecule has 0 amide bonds. The third-order valence-electron chi connectivity index (χ3n) is 6.38. The molecule has 9 heteroatoms. The summed E-state index contributed by atoms with van der Waals surface area (Å²) in [5.41, 5.74) is 2.49. The lowest BCUT2D eigenvalue weighted by Crippen LogP contribution is -2.41. The number of nitrogens with zero attached hydrogens (tertiary/aromatic N) is 5. The molecule has 1 aliphatic carbocycles. The highest BCUT2D eigenvalue weighted by Gasteiger charge is 2.30. The molecule has 0 unspecified atom stereocenters. The topological polar surface area (TPSA) is 95.8 Å². The average Bonchev–Trinajstić information content (AvgIpc) is 3.60. The minimum atomic E-state index is -0.437. The highest BCUT2D eigenvalue weighted by Crippen LogP contribution is 2.33.